The van der Waals surface area contributed by atoms with Gasteiger partial charge >= 0.3 is 0 Å². The summed E-state index contributed by atoms with van der Waals surface area (Å²) in [6.45, 7) is 3.34. The van der Waals surface area contributed by atoms with Crippen molar-refractivity contribution in [2.45, 2.75) is 20.0 Å². The fourth-order valence-corrected chi connectivity index (χ4v) is 2.00. The Balaban J connectivity index is 1.95. The van der Waals surface area contributed by atoms with Gasteiger partial charge in [-0.25, -0.2) is 0 Å². The lowest BCUT2D eigenvalue weighted by atomic mass is 10.2. The normalized spacial score (nSPS) is 10.7. The molecule has 2 rings (SSSR count). The molecule has 0 aliphatic rings. The van der Waals surface area contributed by atoms with Gasteiger partial charge < -0.3 is 10.4 Å². The maximum Gasteiger partial charge on any atom is 0.134 e. The molecule has 0 saturated heterocycles. The van der Waals surface area contributed by atoms with Crippen LogP contribution in [0.15, 0.2) is 28.9 Å². The van der Waals surface area contributed by atoms with Crippen molar-refractivity contribution in [1.82, 2.24) is 15.5 Å². The predicted octanol–water partition coefficient (Wildman–Crippen LogP) is 2.48. The molecule has 90 valence electrons. The Labute approximate surface area is 108 Å². The van der Waals surface area contributed by atoms with Gasteiger partial charge in [-0.1, -0.05) is 12.1 Å². The average molecular weight is 296 g/mol. The first-order valence-electron chi connectivity index (χ1n) is 5.34. The summed E-state index contributed by atoms with van der Waals surface area (Å²) >= 11 is 3.30. The number of para-hydroxylation sites is 1. The van der Waals surface area contributed by atoms with Crippen LogP contribution in [0.1, 0.15) is 16.8 Å². The second kappa shape index (κ2) is 5.33. The Morgan fingerprint density at radius 2 is 2.12 bits per heavy atom. The molecule has 5 heteroatoms. The highest BCUT2D eigenvalue weighted by Crippen LogP contribution is 2.27. The van der Waals surface area contributed by atoms with Crippen molar-refractivity contribution < 1.29 is 5.11 Å². The van der Waals surface area contributed by atoms with Crippen molar-refractivity contribution in [3.8, 4) is 5.75 Å². The van der Waals surface area contributed by atoms with Gasteiger partial charge in [0, 0.05) is 29.9 Å². The first-order valence-corrected chi connectivity index (χ1v) is 6.13. The van der Waals surface area contributed by atoms with E-state index in [1.54, 1.807) is 0 Å². The number of aromatic nitrogens is 2. The van der Waals surface area contributed by atoms with Gasteiger partial charge in [-0.05, 0) is 28.9 Å². The zero-order valence-electron chi connectivity index (χ0n) is 9.50. The van der Waals surface area contributed by atoms with E-state index in [2.05, 4.69) is 31.4 Å². The highest BCUT2D eigenvalue weighted by molar-refractivity contribution is 9.10. The van der Waals surface area contributed by atoms with Crippen LogP contribution in [0.4, 0.5) is 0 Å². The van der Waals surface area contributed by atoms with E-state index in [0.717, 1.165) is 27.8 Å². The lowest BCUT2D eigenvalue weighted by Gasteiger charge is -2.07. The molecule has 0 fully saturated rings. The topological polar surface area (TPSA) is 60.9 Å². The van der Waals surface area contributed by atoms with Crippen LogP contribution in [0, 0.1) is 6.92 Å². The number of benzene rings is 1. The van der Waals surface area contributed by atoms with E-state index >= 15 is 0 Å². The Morgan fingerprint density at radius 3 is 2.82 bits per heavy atom. The summed E-state index contributed by atoms with van der Waals surface area (Å²) < 4.78 is 0.719. The van der Waals surface area contributed by atoms with Crippen LogP contribution >= 0.6 is 15.9 Å². The molecular weight excluding hydrogens is 282 g/mol. The van der Waals surface area contributed by atoms with Crippen molar-refractivity contribution in [3.05, 3.63) is 45.7 Å². The smallest absolute Gasteiger partial charge is 0.134 e. The van der Waals surface area contributed by atoms with Crippen LogP contribution in [0.3, 0.4) is 0 Å². The third-order valence-electron chi connectivity index (χ3n) is 2.64. The third kappa shape index (κ3) is 2.87. The molecule has 0 spiro atoms. The summed E-state index contributed by atoms with van der Waals surface area (Å²) in [6, 6.07) is 5.62. The van der Waals surface area contributed by atoms with Gasteiger partial charge in [0.05, 0.1) is 10.7 Å². The van der Waals surface area contributed by atoms with Crippen LogP contribution in [-0.4, -0.2) is 15.3 Å². The Kier molecular flexibility index (Phi) is 3.81. The largest absolute Gasteiger partial charge is 0.506 e. The number of H-pyrrole nitrogens is 1. The predicted molar refractivity (Wildman–Crippen MR) is 69.7 cm³/mol. The zero-order chi connectivity index (χ0) is 12.3. The van der Waals surface area contributed by atoms with Crippen molar-refractivity contribution in [3.63, 3.8) is 0 Å². The summed E-state index contributed by atoms with van der Waals surface area (Å²) in [5, 5.41) is 19.9. The van der Waals surface area contributed by atoms with Crippen LogP contribution < -0.4 is 5.32 Å². The van der Waals surface area contributed by atoms with Gasteiger partial charge in [0.1, 0.15) is 5.75 Å². The van der Waals surface area contributed by atoms with Crippen LogP contribution in [0.2, 0.25) is 0 Å². The molecule has 0 unspecified atom stereocenters. The lowest BCUT2D eigenvalue weighted by molar-refractivity contribution is 0.461. The van der Waals surface area contributed by atoms with Gasteiger partial charge in [0.25, 0.3) is 0 Å². The first kappa shape index (κ1) is 12.1. The minimum Gasteiger partial charge on any atom is -0.506 e. The molecule has 2 aromatic rings. The molecule has 1 aromatic carbocycles. The minimum atomic E-state index is 0.295. The van der Waals surface area contributed by atoms with E-state index in [4.69, 9.17) is 0 Å². The van der Waals surface area contributed by atoms with Crippen LogP contribution in [0.5, 0.6) is 5.75 Å². The van der Waals surface area contributed by atoms with Crippen LogP contribution in [0.25, 0.3) is 0 Å². The first-order chi connectivity index (χ1) is 8.18. The quantitative estimate of drug-likeness (QED) is 0.812. The fraction of sp³-hybridized carbons (Fsp3) is 0.250. The van der Waals surface area contributed by atoms with Gasteiger partial charge in [0.15, 0.2) is 0 Å². The number of aromatic hydroxyl groups is 1. The highest BCUT2D eigenvalue weighted by Gasteiger charge is 2.05. The molecule has 0 bridgehead atoms. The second-order valence-electron chi connectivity index (χ2n) is 3.87. The van der Waals surface area contributed by atoms with Crippen molar-refractivity contribution >= 4 is 15.9 Å². The molecule has 0 radical (unpaired) electrons. The summed E-state index contributed by atoms with van der Waals surface area (Å²) in [4.78, 5) is 0. The lowest BCUT2D eigenvalue weighted by Crippen LogP contribution is -2.13. The molecular formula is C12H14BrN3O. The Morgan fingerprint density at radius 1 is 1.35 bits per heavy atom. The molecule has 3 N–H and O–H groups in total. The van der Waals surface area contributed by atoms with Crippen LogP contribution in [-0.2, 0) is 13.1 Å². The number of nitrogens with one attached hydrogen (secondary N) is 2. The standard InChI is InChI=1S/C12H14BrN3O/c1-8-10(7-15-16-8)6-14-5-9-3-2-4-11(13)12(9)17/h2-4,7,14,17H,5-6H2,1H3,(H,15,16). The van der Waals surface area contributed by atoms with Gasteiger partial charge in [-0.2, -0.15) is 5.10 Å². The Bertz CT molecular complexity index is 510. The Hall–Kier alpha value is -1.33. The molecule has 1 aromatic heterocycles. The average Bonchev–Trinajstić information content (AvgIpc) is 2.71. The van der Waals surface area contributed by atoms with Gasteiger partial charge in [0.2, 0.25) is 0 Å². The molecule has 1 heterocycles. The SMILES string of the molecule is Cc1[nH]ncc1CNCc1cccc(Br)c1O. The number of nitrogens with zero attached hydrogens (tertiary/aromatic N) is 1. The maximum atomic E-state index is 9.80. The number of hydrogen-bond acceptors (Lipinski definition) is 3. The van der Waals surface area contributed by atoms with E-state index < -0.39 is 0 Å². The number of aryl methyl sites for hydroxylation is 1. The number of hydrogen-bond donors (Lipinski definition) is 3. The molecule has 17 heavy (non-hydrogen) atoms. The summed E-state index contributed by atoms with van der Waals surface area (Å²) in [5.74, 6) is 0.295. The number of phenolic OH excluding ortho intramolecular Hbond substituents is 1. The second-order valence-corrected chi connectivity index (χ2v) is 4.73. The molecule has 0 atom stereocenters. The number of halogens is 1. The summed E-state index contributed by atoms with van der Waals surface area (Å²) in [7, 11) is 0. The third-order valence-corrected chi connectivity index (χ3v) is 3.28. The van der Waals surface area contributed by atoms with Gasteiger partial charge in [-0.15, -0.1) is 0 Å². The van der Waals surface area contributed by atoms with E-state index in [-0.39, 0.29) is 0 Å². The van der Waals surface area contributed by atoms with Crippen molar-refractivity contribution in [2.75, 3.05) is 0 Å². The van der Waals surface area contributed by atoms with E-state index in [1.807, 2.05) is 31.3 Å². The minimum absolute atomic E-state index is 0.295. The highest BCUT2D eigenvalue weighted by atomic mass is 79.9. The number of aromatic amines is 1. The zero-order valence-corrected chi connectivity index (χ0v) is 11.1. The summed E-state index contributed by atoms with van der Waals surface area (Å²) in [5.41, 5.74) is 3.08. The van der Waals surface area contributed by atoms with Crippen molar-refractivity contribution in [1.29, 1.82) is 0 Å². The van der Waals surface area contributed by atoms with E-state index in [0.29, 0.717) is 12.3 Å². The van der Waals surface area contributed by atoms with Gasteiger partial charge in [-0.3, -0.25) is 5.10 Å². The number of phenols is 1. The molecule has 0 saturated carbocycles. The number of rotatable bonds is 4. The fourth-order valence-electron chi connectivity index (χ4n) is 1.59. The molecule has 0 aliphatic heterocycles. The van der Waals surface area contributed by atoms with E-state index in [9.17, 15) is 5.11 Å². The van der Waals surface area contributed by atoms with Crippen molar-refractivity contribution in [2.24, 2.45) is 0 Å². The molecule has 0 aliphatic carbocycles. The monoisotopic (exact) mass is 295 g/mol. The molecule has 0 amide bonds. The maximum absolute atomic E-state index is 9.80. The summed E-state index contributed by atoms with van der Waals surface area (Å²) in [6.07, 6.45) is 1.81. The van der Waals surface area contributed by atoms with E-state index in [1.165, 1.54) is 0 Å². The molecule has 4 nitrogen and oxygen atoms in total.